The molecule has 124 valence electrons. The molecule has 1 unspecified atom stereocenters. The second-order valence-electron chi connectivity index (χ2n) is 5.94. The van der Waals surface area contributed by atoms with Crippen LogP contribution in [0.25, 0.3) is 0 Å². The Hall–Kier alpha value is -2.30. The number of allylic oxidation sites excluding steroid dienone is 2. The minimum Gasteiger partial charge on any atom is -0.498 e. The number of nitrogens with zero attached hydrogens (tertiary/aromatic N) is 1. The molecular weight excluding hydrogens is 294 g/mol. The summed E-state index contributed by atoms with van der Waals surface area (Å²) in [5.74, 6) is 3.21. The molecule has 0 aromatic rings. The van der Waals surface area contributed by atoms with Crippen molar-refractivity contribution in [3.05, 3.63) is 58.6 Å². The van der Waals surface area contributed by atoms with Crippen molar-refractivity contribution in [2.45, 2.75) is 25.5 Å². The van der Waals surface area contributed by atoms with Gasteiger partial charge in [-0.3, -0.25) is 0 Å². The lowest BCUT2D eigenvalue weighted by atomic mass is 9.90. The number of fused-ring (bicyclic) bond motifs is 1. The van der Waals surface area contributed by atoms with E-state index in [1.54, 1.807) is 21.3 Å². The topological polar surface area (TPSA) is 40.2 Å². The zero-order valence-corrected chi connectivity index (χ0v) is 14.3. The first-order chi connectivity index (χ1) is 11.0. The van der Waals surface area contributed by atoms with Crippen molar-refractivity contribution in [3.63, 3.8) is 0 Å². The Labute approximate surface area is 137 Å². The van der Waals surface area contributed by atoms with Gasteiger partial charge in [0.2, 0.25) is 0 Å². The van der Waals surface area contributed by atoms with E-state index >= 15 is 0 Å². The first-order valence-electron chi connectivity index (χ1n) is 7.59. The van der Waals surface area contributed by atoms with Gasteiger partial charge in [-0.1, -0.05) is 6.58 Å². The molecule has 3 rings (SSSR count). The van der Waals surface area contributed by atoms with Gasteiger partial charge in [0.25, 0.3) is 0 Å². The zero-order chi connectivity index (χ0) is 16.7. The summed E-state index contributed by atoms with van der Waals surface area (Å²) < 4.78 is 22.9. The number of ether oxygens (including phenoxy) is 4. The third-order valence-electron chi connectivity index (χ3n) is 4.52. The lowest BCUT2D eigenvalue weighted by molar-refractivity contribution is 0.0824. The smallest absolute Gasteiger partial charge is 0.197 e. The third-order valence-corrected chi connectivity index (χ3v) is 4.52. The molecule has 0 radical (unpaired) electrons. The minimum atomic E-state index is -0.0866. The van der Waals surface area contributed by atoms with E-state index in [1.165, 1.54) is 0 Å². The molecule has 0 bridgehead atoms. The number of hydrogen-bond acceptors (Lipinski definition) is 5. The van der Waals surface area contributed by atoms with Crippen LogP contribution in [0.1, 0.15) is 13.3 Å². The standard InChI is InChI=1S/C18H23NO4/c1-10(2)14-9-13-17(22-6)12-7-11(20-4)8-15(21-5)16(12)19(3)18(13)23-14/h7-8,14,16H,1,9H2,2-6H3/t14-,16?/m1/s1. The van der Waals surface area contributed by atoms with Crippen LogP contribution >= 0.6 is 0 Å². The molecule has 2 atom stereocenters. The fraction of sp³-hybridized carbons (Fsp3) is 0.444. The number of hydrogen-bond donors (Lipinski definition) is 0. The zero-order valence-electron chi connectivity index (χ0n) is 14.3. The highest BCUT2D eigenvalue weighted by atomic mass is 16.5. The maximum Gasteiger partial charge on any atom is 0.197 e. The van der Waals surface area contributed by atoms with Crippen molar-refractivity contribution in [2.24, 2.45) is 0 Å². The maximum absolute atomic E-state index is 6.12. The lowest BCUT2D eigenvalue weighted by Gasteiger charge is -2.38. The lowest BCUT2D eigenvalue weighted by Crippen LogP contribution is -2.40. The van der Waals surface area contributed by atoms with Crippen LogP contribution in [0.5, 0.6) is 0 Å². The van der Waals surface area contributed by atoms with E-state index in [-0.39, 0.29) is 12.1 Å². The molecular formula is C18H23NO4. The normalized spacial score (nSPS) is 26.0. The van der Waals surface area contributed by atoms with E-state index in [0.717, 1.165) is 46.3 Å². The quantitative estimate of drug-likeness (QED) is 0.746. The molecule has 5 nitrogen and oxygen atoms in total. The monoisotopic (exact) mass is 317 g/mol. The van der Waals surface area contributed by atoms with E-state index in [9.17, 15) is 0 Å². The molecule has 2 aliphatic heterocycles. The molecule has 0 saturated carbocycles. The van der Waals surface area contributed by atoms with Gasteiger partial charge in [-0.25, -0.2) is 0 Å². The Bertz CT molecular complexity index is 669. The predicted octanol–water partition coefficient (Wildman–Crippen LogP) is 2.85. The average Bonchev–Trinajstić information content (AvgIpc) is 2.99. The first kappa shape index (κ1) is 15.6. The molecule has 0 amide bonds. The summed E-state index contributed by atoms with van der Waals surface area (Å²) >= 11 is 0. The Morgan fingerprint density at radius 3 is 2.52 bits per heavy atom. The summed E-state index contributed by atoms with van der Waals surface area (Å²) in [6, 6.07) is -0.0866. The van der Waals surface area contributed by atoms with Gasteiger partial charge < -0.3 is 23.8 Å². The molecule has 0 N–H and O–H groups in total. The molecule has 5 heteroatoms. The van der Waals surface area contributed by atoms with E-state index in [2.05, 4.69) is 11.5 Å². The molecule has 0 spiro atoms. The van der Waals surface area contributed by atoms with E-state index in [0.29, 0.717) is 0 Å². The molecule has 0 aromatic heterocycles. The largest absolute Gasteiger partial charge is 0.498 e. The van der Waals surface area contributed by atoms with Crippen molar-refractivity contribution in [1.29, 1.82) is 0 Å². The second kappa shape index (κ2) is 5.72. The van der Waals surface area contributed by atoms with Crippen LogP contribution in [0.2, 0.25) is 0 Å². The van der Waals surface area contributed by atoms with Crippen molar-refractivity contribution in [1.82, 2.24) is 4.90 Å². The summed E-state index contributed by atoms with van der Waals surface area (Å²) in [7, 11) is 7.01. The Balaban J connectivity index is 2.11. The third kappa shape index (κ3) is 2.31. The highest BCUT2D eigenvalue weighted by Gasteiger charge is 2.43. The number of methoxy groups -OCH3 is 3. The summed E-state index contributed by atoms with van der Waals surface area (Å²) in [5, 5.41) is 0. The summed E-state index contributed by atoms with van der Waals surface area (Å²) in [4.78, 5) is 2.09. The number of likely N-dealkylation sites (N-methyl/N-ethyl adjacent to an activating group) is 1. The van der Waals surface area contributed by atoms with Gasteiger partial charge in [0.05, 0.1) is 26.9 Å². The summed E-state index contributed by atoms with van der Waals surface area (Å²) in [5.41, 5.74) is 3.10. The van der Waals surface area contributed by atoms with Crippen LogP contribution in [0.4, 0.5) is 0 Å². The van der Waals surface area contributed by atoms with Crippen LogP contribution in [-0.2, 0) is 18.9 Å². The first-order valence-corrected chi connectivity index (χ1v) is 7.59. The van der Waals surface area contributed by atoms with Gasteiger partial charge in [0, 0.05) is 25.1 Å². The highest BCUT2D eigenvalue weighted by molar-refractivity contribution is 5.53. The Kier molecular flexibility index (Phi) is 3.88. The SMILES string of the molecule is C=C(C)[C@H]1CC2=C(O1)N(C)C1C(OC)=CC(OC)=CC1=C2OC. The molecule has 0 saturated heterocycles. The summed E-state index contributed by atoms with van der Waals surface area (Å²) in [6.07, 6.45) is 4.64. The van der Waals surface area contributed by atoms with Crippen molar-refractivity contribution in [2.75, 3.05) is 28.4 Å². The van der Waals surface area contributed by atoms with Crippen LogP contribution in [0.3, 0.4) is 0 Å². The van der Waals surface area contributed by atoms with Crippen molar-refractivity contribution < 1.29 is 18.9 Å². The maximum atomic E-state index is 6.12. The molecule has 1 aliphatic carbocycles. The van der Waals surface area contributed by atoms with Crippen LogP contribution in [0, 0.1) is 0 Å². The van der Waals surface area contributed by atoms with E-state index < -0.39 is 0 Å². The van der Waals surface area contributed by atoms with Crippen molar-refractivity contribution >= 4 is 0 Å². The van der Waals surface area contributed by atoms with Gasteiger partial charge in [-0.2, -0.15) is 0 Å². The molecule has 23 heavy (non-hydrogen) atoms. The van der Waals surface area contributed by atoms with Crippen LogP contribution in [-0.4, -0.2) is 45.4 Å². The Morgan fingerprint density at radius 2 is 1.96 bits per heavy atom. The average molecular weight is 317 g/mol. The Morgan fingerprint density at radius 1 is 1.22 bits per heavy atom. The van der Waals surface area contributed by atoms with Crippen molar-refractivity contribution in [3.8, 4) is 0 Å². The van der Waals surface area contributed by atoms with Gasteiger partial charge >= 0.3 is 0 Å². The van der Waals surface area contributed by atoms with Gasteiger partial charge in [0.15, 0.2) is 5.88 Å². The van der Waals surface area contributed by atoms with Crippen LogP contribution < -0.4 is 0 Å². The predicted molar refractivity (Wildman–Crippen MR) is 87.1 cm³/mol. The van der Waals surface area contributed by atoms with E-state index in [4.69, 9.17) is 18.9 Å². The molecule has 3 aliphatic rings. The van der Waals surface area contributed by atoms with Gasteiger partial charge in [-0.15, -0.1) is 0 Å². The van der Waals surface area contributed by atoms with Gasteiger partial charge in [0.1, 0.15) is 29.4 Å². The summed E-state index contributed by atoms with van der Waals surface area (Å²) in [6.45, 7) is 6.01. The second-order valence-corrected chi connectivity index (χ2v) is 5.94. The number of rotatable bonds is 4. The van der Waals surface area contributed by atoms with E-state index in [1.807, 2.05) is 26.1 Å². The molecule has 0 fully saturated rings. The fourth-order valence-corrected chi connectivity index (χ4v) is 3.34. The van der Waals surface area contributed by atoms with Crippen LogP contribution in [0.15, 0.2) is 58.6 Å². The molecule has 0 aromatic carbocycles. The minimum absolute atomic E-state index is 0.0193. The fourth-order valence-electron chi connectivity index (χ4n) is 3.34. The highest BCUT2D eigenvalue weighted by Crippen LogP contribution is 2.45. The van der Waals surface area contributed by atoms with Gasteiger partial charge in [-0.05, 0) is 18.6 Å². The molecule has 2 heterocycles.